The van der Waals surface area contributed by atoms with E-state index < -0.39 is 0 Å². The van der Waals surface area contributed by atoms with Gasteiger partial charge in [-0.3, -0.25) is 4.79 Å². The van der Waals surface area contributed by atoms with Gasteiger partial charge in [0.15, 0.2) is 11.5 Å². The third-order valence-electron chi connectivity index (χ3n) is 4.09. The second kappa shape index (κ2) is 6.84. The number of hydrogen-bond acceptors (Lipinski definition) is 5. The molecule has 1 amide bonds. The highest BCUT2D eigenvalue weighted by Gasteiger charge is 2.14. The van der Waals surface area contributed by atoms with Crippen molar-refractivity contribution in [3.05, 3.63) is 54.2 Å². The summed E-state index contributed by atoms with van der Waals surface area (Å²) >= 11 is 1.68. The number of fused-ring (bicyclic) bond motifs is 2. The lowest BCUT2D eigenvalue weighted by atomic mass is 10.3. The Morgan fingerprint density at radius 3 is 2.88 bits per heavy atom. The maximum absolute atomic E-state index is 12.6. The SMILES string of the molecule is CSCc1nc2ccccc2n1CC(=O)Nc1ccc2nc(C)oc2c1. The first-order valence-electron chi connectivity index (χ1n) is 8.24. The van der Waals surface area contributed by atoms with Gasteiger partial charge >= 0.3 is 0 Å². The molecule has 6 nitrogen and oxygen atoms in total. The smallest absolute Gasteiger partial charge is 0.244 e. The van der Waals surface area contributed by atoms with E-state index in [1.807, 2.05) is 47.2 Å². The number of amides is 1. The molecule has 4 rings (SSSR count). The number of nitrogens with zero attached hydrogens (tertiary/aromatic N) is 3. The predicted molar refractivity (Wildman–Crippen MR) is 104 cm³/mol. The molecule has 26 heavy (non-hydrogen) atoms. The van der Waals surface area contributed by atoms with Crippen LogP contribution >= 0.6 is 11.8 Å². The van der Waals surface area contributed by atoms with Gasteiger partial charge in [0, 0.05) is 18.7 Å². The van der Waals surface area contributed by atoms with E-state index in [1.165, 1.54) is 0 Å². The van der Waals surface area contributed by atoms with Crippen LogP contribution in [0.5, 0.6) is 0 Å². The van der Waals surface area contributed by atoms with Crippen molar-refractivity contribution in [3.8, 4) is 0 Å². The van der Waals surface area contributed by atoms with E-state index >= 15 is 0 Å². The van der Waals surface area contributed by atoms with Gasteiger partial charge in [-0.2, -0.15) is 11.8 Å². The number of aromatic nitrogens is 3. The zero-order chi connectivity index (χ0) is 18.1. The van der Waals surface area contributed by atoms with Crippen LogP contribution in [0, 0.1) is 6.92 Å². The van der Waals surface area contributed by atoms with Gasteiger partial charge in [0.2, 0.25) is 5.91 Å². The van der Waals surface area contributed by atoms with Crippen LogP contribution < -0.4 is 5.32 Å². The summed E-state index contributed by atoms with van der Waals surface area (Å²) in [5, 5.41) is 2.93. The molecule has 0 saturated carbocycles. The number of anilines is 1. The summed E-state index contributed by atoms with van der Waals surface area (Å²) < 4.78 is 7.49. The molecule has 0 atom stereocenters. The third-order valence-corrected chi connectivity index (χ3v) is 4.63. The van der Waals surface area contributed by atoms with Gasteiger partial charge in [0.1, 0.15) is 17.9 Å². The highest BCUT2D eigenvalue weighted by Crippen LogP contribution is 2.21. The van der Waals surface area contributed by atoms with Crippen molar-refractivity contribution in [3.63, 3.8) is 0 Å². The van der Waals surface area contributed by atoms with Crippen LogP contribution in [0.1, 0.15) is 11.7 Å². The Bertz CT molecular complexity index is 1100. The van der Waals surface area contributed by atoms with Gasteiger partial charge in [-0.1, -0.05) is 12.1 Å². The summed E-state index contributed by atoms with van der Waals surface area (Å²) in [7, 11) is 0. The maximum Gasteiger partial charge on any atom is 0.244 e. The summed E-state index contributed by atoms with van der Waals surface area (Å²) in [6.45, 7) is 2.01. The molecular formula is C19H18N4O2S. The van der Waals surface area contributed by atoms with Crippen molar-refractivity contribution < 1.29 is 9.21 Å². The number of aryl methyl sites for hydroxylation is 1. The molecule has 0 saturated heterocycles. The molecule has 2 aromatic carbocycles. The number of thioether (sulfide) groups is 1. The van der Waals surface area contributed by atoms with E-state index in [2.05, 4.69) is 15.3 Å². The van der Waals surface area contributed by atoms with Gasteiger partial charge in [-0.05, 0) is 30.5 Å². The van der Waals surface area contributed by atoms with Crippen LogP contribution in [0.15, 0.2) is 46.9 Å². The van der Waals surface area contributed by atoms with Crippen molar-refractivity contribution in [2.75, 3.05) is 11.6 Å². The minimum Gasteiger partial charge on any atom is -0.441 e. The monoisotopic (exact) mass is 366 g/mol. The number of rotatable bonds is 5. The first-order chi connectivity index (χ1) is 12.6. The molecule has 0 bridgehead atoms. The molecule has 2 aromatic heterocycles. The summed E-state index contributed by atoms with van der Waals surface area (Å²) in [5.41, 5.74) is 4.00. The number of hydrogen-bond donors (Lipinski definition) is 1. The minimum atomic E-state index is -0.105. The molecule has 4 aromatic rings. The lowest BCUT2D eigenvalue weighted by Gasteiger charge is -2.09. The lowest BCUT2D eigenvalue weighted by Crippen LogP contribution is -2.20. The van der Waals surface area contributed by atoms with Crippen molar-refractivity contribution in [2.24, 2.45) is 0 Å². The normalized spacial score (nSPS) is 11.3. The van der Waals surface area contributed by atoms with E-state index in [9.17, 15) is 4.79 Å². The van der Waals surface area contributed by atoms with Crippen LogP contribution in [0.25, 0.3) is 22.1 Å². The van der Waals surface area contributed by atoms with Crippen LogP contribution in [-0.4, -0.2) is 26.7 Å². The molecule has 1 N–H and O–H groups in total. The van der Waals surface area contributed by atoms with Gasteiger partial charge < -0.3 is 14.3 Å². The molecule has 0 radical (unpaired) electrons. The number of benzene rings is 2. The first kappa shape index (κ1) is 16.7. The summed E-state index contributed by atoms with van der Waals surface area (Å²) in [6.07, 6.45) is 2.03. The van der Waals surface area contributed by atoms with Crippen molar-refractivity contribution in [2.45, 2.75) is 19.2 Å². The standard InChI is InChI=1S/C19H18N4O2S/c1-12-20-15-8-7-13(9-17(15)25-12)21-19(24)10-23-16-6-4-3-5-14(16)22-18(23)11-26-2/h3-9H,10-11H2,1-2H3,(H,21,24). The molecule has 0 spiro atoms. The fraction of sp³-hybridized carbons (Fsp3) is 0.211. The van der Waals surface area contributed by atoms with Gasteiger partial charge in [0.25, 0.3) is 0 Å². The Hall–Kier alpha value is -2.80. The average molecular weight is 366 g/mol. The predicted octanol–water partition coefficient (Wildman–Crippen LogP) is 3.99. The summed E-state index contributed by atoms with van der Waals surface area (Å²) in [4.78, 5) is 21.5. The number of imidazole rings is 1. The van der Waals surface area contributed by atoms with Crippen molar-refractivity contribution >= 4 is 45.5 Å². The Morgan fingerprint density at radius 1 is 1.19 bits per heavy atom. The van der Waals surface area contributed by atoms with E-state index in [4.69, 9.17) is 4.42 Å². The second-order valence-electron chi connectivity index (χ2n) is 6.00. The topological polar surface area (TPSA) is 73.0 Å². The van der Waals surface area contributed by atoms with Crippen LogP contribution in [0.2, 0.25) is 0 Å². The lowest BCUT2D eigenvalue weighted by molar-refractivity contribution is -0.116. The van der Waals surface area contributed by atoms with Crippen LogP contribution in [-0.2, 0) is 17.1 Å². The van der Waals surface area contributed by atoms with Crippen molar-refractivity contribution in [1.82, 2.24) is 14.5 Å². The molecule has 0 fully saturated rings. The molecule has 2 heterocycles. The first-order valence-corrected chi connectivity index (χ1v) is 9.63. The van der Waals surface area contributed by atoms with Crippen molar-refractivity contribution in [1.29, 1.82) is 0 Å². The summed E-state index contributed by atoms with van der Waals surface area (Å²) in [6, 6.07) is 13.3. The Labute approximate surface area is 154 Å². The molecular weight excluding hydrogens is 348 g/mol. The minimum absolute atomic E-state index is 0.105. The average Bonchev–Trinajstić information content (AvgIpc) is 3.15. The molecule has 132 valence electrons. The van der Waals surface area contributed by atoms with Crippen LogP contribution in [0.3, 0.4) is 0 Å². The van der Waals surface area contributed by atoms with E-state index in [0.29, 0.717) is 17.2 Å². The van der Waals surface area contributed by atoms with E-state index in [-0.39, 0.29) is 12.5 Å². The zero-order valence-corrected chi connectivity index (χ0v) is 15.3. The molecule has 0 aliphatic rings. The maximum atomic E-state index is 12.6. The fourth-order valence-corrected chi connectivity index (χ4v) is 3.48. The van der Waals surface area contributed by atoms with Gasteiger partial charge in [-0.25, -0.2) is 9.97 Å². The Morgan fingerprint density at radius 2 is 2.04 bits per heavy atom. The highest BCUT2D eigenvalue weighted by molar-refractivity contribution is 7.97. The van der Waals surface area contributed by atoms with E-state index in [1.54, 1.807) is 24.8 Å². The zero-order valence-electron chi connectivity index (χ0n) is 14.5. The quantitative estimate of drug-likeness (QED) is 0.578. The summed E-state index contributed by atoms with van der Waals surface area (Å²) in [5.74, 6) is 2.15. The number of carbonyl (C=O) groups is 1. The number of nitrogens with one attached hydrogen (secondary N) is 1. The van der Waals surface area contributed by atoms with E-state index in [0.717, 1.165) is 28.1 Å². The van der Waals surface area contributed by atoms with Gasteiger partial charge in [-0.15, -0.1) is 0 Å². The Kier molecular flexibility index (Phi) is 4.38. The van der Waals surface area contributed by atoms with Crippen LogP contribution in [0.4, 0.5) is 5.69 Å². The fourth-order valence-electron chi connectivity index (χ4n) is 3.00. The highest BCUT2D eigenvalue weighted by atomic mass is 32.2. The third kappa shape index (κ3) is 3.17. The number of oxazole rings is 1. The molecule has 0 aliphatic heterocycles. The molecule has 7 heteroatoms. The number of para-hydroxylation sites is 2. The van der Waals surface area contributed by atoms with Gasteiger partial charge in [0.05, 0.1) is 16.8 Å². The molecule has 0 aliphatic carbocycles. The number of carbonyl (C=O) groups excluding carboxylic acids is 1. The molecule has 0 unspecified atom stereocenters. The second-order valence-corrected chi connectivity index (χ2v) is 6.87. The Balaban J connectivity index is 1.59. The largest absolute Gasteiger partial charge is 0.441 e.